The Labute approximate surface area is 96.6 Å². The van der Waals surface area contributed by atoms with Gasteiger partial charge in [-0.1, -0.05) is 42.4 Å². The fourth-order valence-electron chi connectivity index (χ4n) is 1.53. The second kappa shape index (κ2) is 6.48. The molecule has 3 nitrogen and oxygen atoms in total. The first kappa shape index (κ1) is 11.4. The molecule has 0 saturated carbocycles. The molecule has 1 aliphatic rings. The lowest BCUT2D eigenvalue weighted by Crippen LogP contribution is -2.34. The first-order chi connectivity index (χ1) is 7.95. The fraction of sp³-hybridized carbons (Fsp3) is 0.333. The lowest BCUT2D eigenvalue weighted by molar-refractivity contribution is 0.186. The highest BCUT2D eigenvalue weighted by molar-refractivity contribution is 6.51. The molecule has 2 rings (SSSR count). The van der Waals surface area contributed by atoms with E-state index in [1.165, 1.54) is 0 Å². The van der Waals surface area contributed by atoms with Gasteiger partial charge in [-0.25, -0.2) is 0 Å². The molecule has 0 bridgehead atoms. The number of benzene rings is 1. The van der Waals surface area contributed by atoms with E-state index < -0.39 is 0 Å². The third-order valence-electron chi connectivity index (χ3n) is 2.37. The van der Waals surface area contributed by atoms with Crippen LogP contribution in [0.3, 0.4) is 0 Å². The van der Waals surface area contributed by atoms with Gasteiger partial charge in [-0.2, -0.15) is 0 Å². The van der Waals surface area contributed by atoms with Gasteiger partial charge >= 0.3 is 7.12 Å². The van der Waals surface area contributed by atoms with Gasteiger partial charge in [0.05, 0.1) is 0 Å². The zero-order valence-corrected chi connectivity index (χ0v) is 9.26. The van der Waals surface area contributed by atoms with Crippen molar-refractivity contribution >= 4 is 13.2 Å². The second-order valence-corrected chi connectivity index (χ2v) is 3.63. The summed E-state index contributed by atoms with van der Waals surface area (Å²) in [5.74, 6) is 1.96. The minimum Gasteiger partial charge on any atom is -0.406 e. The summed E-state index contributed by atoms with van der Waals surface area (Å²) in [5, 5.41) is 3.21. The van der Waals surface area contributed by atoms with Crippen molar-refractivity contribution < 1.29 is 9.31 Å². The SMILES string of the molecule is C(=C/c1ccccc1)/B1OCCNCCO1. The maximum Gasteiger partial charge on any atom is 0.486 e. The molecule has 84 valence electrons. The van der Waals surface area contributed by atoms with E-state index in [0.717, 1.165) is 18.7 Å². The molecule has 1 aromatic carbocycles. The molecule has 4 heteroatoms. The first-order valence-corrected chi connectivity index (χ1v) is 5.62. The minimum atomic E-state index is -0.220. The van der Waals surface area contributed by atoms with Crippen molar-refractivity contribution in [2.75, 3.05) is 26.3 Å². The maximum absolute atomic E-state index is 5.53. The van der Waals surface area contributed by atoms with E-state index in [1.54, 1.807) is 0 Å². The van der Waals surface area contributed by atoms with Gasteiger partial charge in [0.25, 0.3) is 0 Å². The molecule has 0 radical (unpaired) electrons. The van der Waals surface area contributed by atoms with Crippen molar-refractivity contribution in [3.63, 3.8) is 0 Å². The average molecular weight is 217 g/mol. The zero-order valence-electron chi connectivity index (χ0n) is 9.26. The topological polar surface area (TPSA) is 30.5 Å². The highest BCUT2D eigenvalue weighted by Gasteiger charge is 2.15. The Kier molecular flexibility index (Phi) is 4.61. The van der Waals surface area contributed by atoms with Crippen LogP contribution in [-0.2, 0) is 9.31 Å². The molecule has 0 aromatic heterocycles. The summed E-state index contributed by atoms with van der Waals surface area (Å²) >= 11 is 0. The Hall–Kier alpha value is -1.10. The molecule has 0 aliphatic carbocycles. The first-order valence-electron chi connectivity index (χ1n) is 5.62. The molecule has 1 heterocycles. The van der Waals surface area contributed by atoms with E-state index in [9.17, 15) is 0 Å². The molecule has 16 heavy (non-hydrogen) atoms. The minimum absolute atomic E-state index is 0.220. The highest BCUT2D eigenvalue weighted by atomic mass is 16.6. The van der Waals surface area contributed by atoms with Crippen molar-refractivity contribution in [2.45, 2.75) is 0 Å². The highest BCUT2D eigenvalue weighted by Crippen LogP contribution is 2.03. The molecule has 0 atom stereocenters. The lowest BCUT2D eigenvalue weighted by Gasteiger charge is -2.15. The molecule has 1 N–H and O–H groups in total. The summed E-state index contributed by atoms with van der Waals surface area (Å²) in [7, 11) is -0.220. The smallest absolute Gasteiger partial charge is 0.406 e. The Morgan fingerprint density at radius 3 is 2.44 bits per heavy atom. The van der Waals surface area contributed by atoms with Gasteiger partial charge in [0.2, 0.25) is 0 Å². The molecule has 1 fully saturated rings. The molecule has 0 unspecified atom stereocenters. The quantitative estimate of drug-likeness (QED) is 0.758. The van der Waals surface area contributed by atoms with Crippen molar-refractivity contribution in [3.05, 3.63) is 41.9 Å². The van der Waals surface area contributed by atoms with E-state index in [0.29, 0.717) is 13.2 Å². The normalized spacial score (nSPS) is 18.4. The number of hydrogen-bond acceptors (Lipinski definition) is 3. The van der Waals surface area contributed by atoms with Gasteiger partial charge in [0.1, 0.15) is 0 Å². The van der Waals surface area contributed by atoms with Crippen molar-refractivity contribution in [1.29, 1.82) is 0 Å². The fourth-order valence-corrected chi connectivity index (χ4v) is 1.53. The standard InChI is InChI=1S/C12H16BNO2/c1-2-4-12(5-3-1)6-7-13-15-10-8-14-9-11-16-13/h1-7,14H,8-11H2/b7-6-. The molecular formula is C12H16BNO2. The van der Waals surface area contributed by atoms with Gasteiger partial charge in [0, 0.05) is 26.3 Å². The number of rotatable bonds is 2. The van der Waals surface area contributed by atoms with Crippen LogP contribution in [0.15, 0.2) is 36.3 Å². The monoisotopic (exact) mass is 217 g/mol. The Bertz CT molecular complexity index is 321. The van der Waals surface area contributed by atoms with E-state index in [2.05, 4.69) is 17.4 Å². The Morgan fingerprint density at radius 2 is 1.75 bits per heavy atom. The van der Waals surface area contributed by atoms with E-state index in [4.69, 9.17) is 9.31 Å². The maximum atomic E-state index is 5.53. The van der Waals surface area contributed by atoms with Crippen LogP contribution in [-0.4, -0.2) is 33.4 Å². The summed E-state index contributed by atoms with van der Waals surface area (Å²) in [6.45, 7) is 3.14. The lowest BCUT2D eigenvalue weighted by atomic mass is 9.88. The predicted molar refractivity (Wildman–Crippen MR) is 66.0 cm³/mol. The second-order valence-electron chi connectivity index (χ2n) is 3.63. The van der Waals surface area contributed by atoms with E-state index >= 15 is 0 Å². The van der Waals surface area contributed by atoms with Gasteiger partial charge in [0.15, 0.2) is 0 Å². The molecule has 0 amide bonds. The van der Waals surface area contributed by atoms with E-state index in [1.807, 2.05) is 30.3 Å². The zero-order chi connectivity index (χ0) is 11.1. The largest absolute Gasteiger partial charge is 0.486 e. The molecule has 1 aliphatic heterocycles. The Balaban J connectivity index is 1.89. The van der Waals surface area contributed by atoms with E-state index in [-0.39, 0.29) is 7.12 Å². The van der Waals surface area contributed by atoms with Crippen LogP contribution in [0.25, 0.3) is 6.08 Å². The van der Waals surface area contributed by atoms with Gasteiger partial charge in [-0.15, -0.1) is 0 Å². The molecular weight excluding hydrogens is 201 g/mol. The van der Waals surface area contributed by atoms with Crippen LogP contribution in [0.5, 0.6) is 0 Å². The molecule has 1 aromatic rings. The third-order valence-corrected chi connectivity index (χ3v) is 2.37. The summed E-state index contributed by atoms with van der Waals surface area (Å²) in [6.07, 6.45) is 2.03. The molecule has 1 saturated heterocycles. The van der Waals surface area contributed by atoms with Crippen LogP contribution < -0.4 is 5.32 Å². The van der Waals surface area contributed by atoms with Crippen LogP contribution in [0, 0.1) is 0 Å². The molecule has 0 spiro atoms. The number of nitrogens with one attached hydrogen (secondary N) is 1. The van der Waals surface area contributed by atoms with Crippen LogP contribution in [0.4, 0.5) is 0 Å². The third kappa shape index (κ3) is 3.81. The van der Waals surface area contributed by atoms with Crippen LogP contribution in [0.2, 0.25) is 0 Å². The van der Waals surface area contributed by atoms with Gasteiger partial charge in [-0.3, -0.25) is 0 Å². The number of hydrogen-bond donors (Lipinski definition) is 1. The predicted octanol–water partition coefficient (Wildman–Crippen LogP) is 1.36. The van der Waals surface area contributed by atoms with Gasteiger partial charge in [-0.05, 0) is 5.56 Å². The summed E-state index contributed by atoms with van der Waals surface area (Å²) in [5.41, 5.74) is 1.16. The average Bonchev–Trinajstić information content (AvgIpc) is 2.29. The van der Waals surface area contributed by atoms with Crippen molar-refractivity contribution in [3.8, 4) is 0 Å². The Morgan fingerprint density at radius 1 is 1.06 bits per heavy atom. The van der Waals surface area contributed by atoms with Gasteiger partial charge < -0.3 is 14.6 Å². The summed E-state index contributed by atoms with van der Waals surface area (Å²) in [6, 6.07) is 10.2. The van der Waals surface area contributed by atoms with Crippen LogP contribution in [0.1, 0.15) is 5.56 Å². The summed E-state index contributed by atoms with van der Waals surface area (Å²) < 4.78 is 11.1. The summed E-state index contributed by atoms with van der Waals surface area (Å²) in [4.78, 5) is 0. The van der Waals surface area contributed by atoms with Crippen LogP contribution >= 0.6 is 0 Å². The van der Waals surface area contributed by atoms with Crippen molar-refractivity contribution in [2.24, 2.45) is 0 Å². The van der Waals surface area contributed by atoms with Crippen molar-refractivity contribution in [1.82, 2.24) is 5.32 Å².